The van der Waals surface area contributed by atoms with Crippen LogP contribution < -0.4 is 0 Å². The number of aliphatic hydroxyl groups is 2. The fourth-order valence-electron chi connectivity index (χ4n) is 5.27. The molecule has 38 heavy (non-hydrogen) atoms. The summed E-state index contributed by atoms with van der Waals surface area (Å²) in [6.07, 6.45) is 46.7. The van der Waals surface area contributed by atoms with Crippen LogP contribution >= 0.6 is 0 Å². The Labute approximate surface area is 240 Å². The highest BCUT2D eigenvalue weighted by atomic mass is 16.3. The summed E-state index contributed by atoms with van der Waals surface area (Å²) in [5, 5.41) is 18.9. The summed E-state index contributed by atoms with van der Waals surface area (Å²) in [6.45, 7) is 2.64. The SMILES string of the molecule is CCCCCCCCCCCCCCCCC=CC(O)CCCCCCC/C=C\CCCCCCCCO. The quantitative estimate of drug-likeness (QED) is 0.0665. The Kier molecular flexibility index (Phi) is 33.9. The van der Waals surface area contributed by atoms with Crippen LogP contribution in [0.4, 0.5) is 0 Å². The van der Waals surface area contributed by atoms with Crippen molar-refractivity contribution in [3.05, 3.63) is 24.3 Å². The maximum atomic E-state index is 10.2. The highest BCUT2D eigenvalue weighted by molar-refractivity contribution is 4.88. The van der Waals surface area contributed by atoms with E-state index in [4.69, 9.17) is 5.11 Å². The summed E-state index contributed by atoms with van der Waals surface area (Å²) >= 11 is 0. The Bertz CT molecular complexity index is 470. The minimum Gasteiger partial charge on any atom is -0.396 e. The minimum atomic E-state index is -0.237. The van der Waals surface area contributed by atoms with Crippen LogP contribution in [0.2, 0.25) is 0 Å². The molecule has 0 spiro atoms. The van der Waals surface area contributed by atoms with Gasteiger partial charge in [-0.25, -0.2) is 0 Å². The van der Waals surface area contributed by atoms with Gasteiger partial charge >= 0.3 is 0 Å². The zero-order valence-corrected chi connectivity index (χ0v) is 26.0. The average molecular weight is 535 g/mol. The van der Waals surface area contributed by atoms with Gasteiger partial charge in [0.1, 0.15) is 0 Å². The predicted octanol–water partition coefficient (Wildman–Crippen LogP) is 11.8. The molecule has 0 saturated heterocycles. The van der Waals surface area contributed by atoms with Gasteiger partial charge in [-0.2, -0.15) is 0 Å². The van der Waals surface area contributed by atoms with Crippen LogP contribution in [0.1, 0.15) is 193 Å². The molecule has 2 nitrogen and oxygen atoms in total. The van der Waals surface area contributed by atoms with Crippen LogP contribution in [-0.4, -0.2) is 22.9 Å². The van der Waals surface area contributed by atoms with E-state index in [1.807, 2.05) is 6.08 Å². The van der Waals surface area contributed by atoms with Crippen molar-refractivity contribution in [2.45, 2.75) is 199 Å². The summed E-state index contributed by atoms with van der Waals surface area (Å²) < 4.78 is 0. The fourth-order valence-corrected chi connectivity index (χ4v) is 5.27. The minimum absolute atomic E-state index is 0.237. The third-order valence-corrected chi connectivity index (χ3v) is 7.90. The maximum absolute atomic E-state index is 10.2. The van der Waals surface area contributed by atoms with Gasteiger partial charge in [0, 0.05) is 6.61 Å². The number of unbranched alkanes of at least 4 members (excludes halogenated alkanes) is 25. The summed E-state index contributed by atoms with van der Waals surface area (Å²) in [5.74, 6) is 0. The Morgan fingerprint density at radius 2 is 0.763 bits per heavy atom. The number of hydrogen-bond donors (Lipinski definition) is 2. The number of rotatable bonds is 32. The first kappa shape index (κ1) is 37.4. The van der Waals surface area contributed by atoms with Gasteiger partial charge in [0.2, 0.25) is 0 Å². The first-order valence-electron chi connectivity index (χ1n) is 17.4. The third kappa shape index (κ3) is 33.4. The first-order chi connectivity index (χ1) is 18.8. The van der Waals surface area contributed by atoms with E-state index in [1.54, 1.807) is 0 Å². The molecule has 0 rings (SSSR count). The Balaban J connectivity index is 3.25. The molecule has 2 heteroatoms. The van der Waals surface area contributed by atoms with Gasteiger partial charge in [0.15, 0.2) is 0 Å². The molecule has 0 fully saturated rings. The van der Waals surface area contributed by atoms with Crippen LogP contribution in [-0.2, 0) is 0 Å². The molecule has 0 aliphatic heterocycles. The summed E-state index contributed by atoms with van der Waals surface area (Å²) in [5.41, 5.74) is 0. The van der Waals surface area contributed by atoms with Gasteiger partial charge in [-0.05, 0) is 51.4 Å². The van der Waals surface area contributed by atoms with Gasteiger partial charge in [-0.15, -0.1) is 0 Å². The molecule has 0 aromatic heterocycles. The second kappa shape index (κ2) is 34.4. The second-order valence-electron chi connectivity index (χ2n) is 11.8. The largest absolute Gasteiger partial charge is 0.396 e. The van der Waals surface area contributed by atoms with Gasteiger partial charge < -0.3 is 10.2 Å². The van der Waals surface area contributed by atoms with E-state index in [0.717, 1.165) is 25.7 Å². The van der Waals surface area contributed by atoms with Crippen LogP contribution in [0.15, 0.2) is 24.3 Å². The smallest absolute Gasteiger partial charge is 0.0720 e. The van der Waals surface area contributed by atoms with Crippen molar-refractivity contribution >= 4 is 0 Å². The first-order valence-corrected chi connectivity index (χ1v) is 17.4. The molecule has 0 amide bonds. The standard InChI is InChI=1S/C36H70O2/c1-2-3-4-5-6-7-8-9-10-12-15-18-21-24-27-30-33-36(38)34-31-28-25-22-19-16-13-11-14-17-20-23-26-29-32-35-37/h11,13,30,33,36-38H,2-10,12,14-29,31-32,34-35H2,1H3/b13-11-,33-30?. The van der Waals surface area contributed by atoms with Crippen molar-refractivity contribution < 1.29 is 10.2 Å². The zero-order valence-electron chi connectivity index (χ0n) is 26.0. The predicted molar refractivity (Wildman–Crippen MR) is 171 cm³/mol. The fraction of sp³-hybridized carbons (Fsp3) is 0.889. The van der Waals surface area contributed by atoms with E-state index in [-0.39, 0.29) is 6.10 Å². The molecule has 0 aromatic rings. The van der Waals surface area contributed by atoms with Crippen LogP contribution in [0, 0.1) is 0 Å². The van der Waals surface area contributed by atoms with Crippen molar-refractivity contribution in [2.24, 2.45) is 0 Å². The van der Waals surface area contributed by atoms with E-state index < -0.39 is 0 Å². The molecule has 1 unspecified atom stereocenters. The maximum Gasteiger partial charge on any atom is 0.0720 e. The molecule has 226 valence electrons. The highest BCUT2D eigenvalue weighted by Gasteiger charge is 1.99. The van der Waals surface area contributed by atoms with Crippen LogP contribution in [0.25, 0.3) is 0 Å². The average Bonchev–Trinajstić information content (AvgIpc) is 2.92. The Hall–Kier alpha value is -0.600. The summed E-state index contributed by atoms with van der Waals surface area (Å²) in [6, 6.07) is 0. The van der Waals surface area contributed by atoms with Gasteiger partial charge in [0.25, 0.3) is 0 Å². The molecule has 0 radical (unpaired) electrons. The molecule has 0 bridgehead atoms. The lowest BCUT2D eigenvalue weighted by atomic mass is 10.0. The van der Waals surface area contributed by atoms with Crippen LogP contribution in [0.5, 0.6) is 0 Å². The second-order valence-corrected chi connectivity index (χ2v) is 11.8. The highest BCUT2D eigenvalue weighted by Crippen LogP contribution is 2.14. The third-order valence-electron chi connectivity index (χ3n) is 7.90. The van der Waals surface area contributed by atoms with Crippen molar-refractivity contribution in [3.8, 4) is 0 Å². The summed E-state index contributed by atoms with van der Waals surface area (Å²) in [4.78, 5) is 0. The lowest BCUT2D eigenvalue weighted by Crippen LogP contribution is -2.01. The molecule has 0 aliphatic carbocycles. The lowest BCUT2D eigenvalue weighted by molar-refractivity contribution is 0.207. The van der Waals surface area contributed by atoms with E-state index in [2.05, 4.69) is 25.2 Å². The molecule has 2 N–H and O–H groups in total. The number of aliphatic hydroxyl groups excluding tert-OH is 2. The molecule has 0 aliphatic rings. The van der Waals surface area contributed by atoms with Gasteiger partial charge in [0.05, 0.1) is 6.10 Å². The van der Waals surface area contributed by atoms with Crippen molar-refractivity contribution in [2.75, 3.05) is 6.61 Å². The van der Waals surface area contributed by atoms with Gasteiger partial charge in [-0.3, -0.25) is 0 Å². The monoisotopic (exact) mass is 535 g/mol. The normalized spacial score (nSPS) is 12.8. The van der Waals surface area contributed by atoms with Crippen molar-refractivity contribution in [3.63, 3.8) is 0 Å². The van der Waals surface area contributed by atoms with E-state index in [0.29, 0.717) is 6.61 Å². The van der Waals surface area contributed by atoms with Gasteiger partial charge in [-0.1, -0.05) is 166 Å². The molecule has 0 aromatic carbocycles. The zero-order chi connectivity index (χ0) is 27.6. The number of allylic oxidation sites excluding steroid dienone is 3. The van der Waals surface area contributed by atoms with Crippen molar-refractivity contribution in [1.29, 1.82) is 0 Å². The number of hydrogen-bond acceptors (Lipinski definition) is 2. The van der Waals surface area contributed by atoms with E-state index in [9.17, 15) is 5.11 Å². The topological polar surface area (TPSA) is 40.5 Å². The summed E-state index contributed by atoms with van der Waals surface area (Å²) in [7, 11) is 0. The Morgan fingerprint density at radius 3 is 1.18 bits per heavy atom. The molecule has 1 atom stereocenters. The van der Waals surface area contributed by atoms with Crippen LogP contribution in [0.3, 0.4) is 0 Å². The van der Waals surface area contributed by atoms with Crippen molar-refractivity contribution in [1.82, 2.24) is 0 Å². The molecular weight excluding hydrogens is 464 g/mol. The molecular formula is C36H70O2. The molecule has 0 saturated carbocycles. The lowest BCUT2D eigenvalue weighted by Gasteiger charge is -2.05. The Morgan fingerprint density at radius 1 is 0.421 bits per heavy atom. The molecule has 0 heterocycles. The van der Waals surface area contributed by atoms with E-state index >= 15 is 0 Å². The van der Waals surface area contributed by atoms with E-state index in [1.165, 1.54) is 161 Å².